The van der Waals surface area contributed by atoms with Crippen molar-refractivity contribution in [2.45, 2.75) is 57.5 Å². The van der Waals surface area contributed by atoms with Crippen molar-refractivity contribution in [2.75, 3.05) is 26.4 Å². The van der Waals surface area contributed by atoms with Crippen molar-refractivity contribution < 1.29 is 18.9 Å². The van der Waals surface area contributed by atoms with Crippen LogP contribution in [-0.2, 0) is 45.1 Å². The number of aryl methyl sites for hydroxylation is 1. The number of fused-ring (bicyclic) bond motifs is 12. The Morgan fingerprint density at radius 3 is 1.00 bits per heavy atom. The lowest BCUT2D eigenvalue weighted by Gasteiger charge is -2.08. The van der Waals surface area contributed by atoms with Crippen LogP contribution in [0.3, 0.4) is 0 Å². The predicted molar refractivity (Wildman–Crippen MR) is 284 cm³/mol. The van der Waals surface area contributed by atoms with Crippen LogP contribution >= 0.6 is 11.6 Å². The van der Waals surface area contributed by atoms with E-state index in [-0.39, 0.29) is 0 Å². The van der Waals surface area contributed by atoms with Crippen LogP contribution in [0.1, 0.15) is 5.56 Å². The summed E-state index contributed by atoms with van der Waals surface area (Å²) >= 11 is 6.43. The summed E-state index contributed by atoms with van der Waals surface area (Å²) in [5.74, 6) is 0. The largest absolute Gasteiger partial charge is 0.371 e. The number of ether oxygens (including phenoxy) is 4. The summed E-state index contributed by atoms with van der Waals surface area (Å²) in [4.78, 5) is 0. The second-order valence-electron chi connectivity index (χ2n) is 19.9. The number of nitrogens with zero attached hydrogens (tertiary/aromatic N) is 4. The van der Waals surface area contributed by atoms with Gasteiger partial charge in [0.15, 0.2) is 0 Å². The summed E-state index contributed by atoms with van der Waals surface area (Å²) in [5.41, 5.74) is 16.3. The van der Waals surface area contributed by atoms with Crippen LogP contribution in [0.2, 0.25) is 5.02 Å². The number of hydrogen-bond donors (Lipinski definition) is 0. The second kappa shape index (κ2) is 15.8. The highest BCUT2D eigenvalue weighted by Crippen LogP contribution is 2.40. The monoisotopic (exact) mass is 936 g/mol. The first-order valence-electron chi connectivity index (χ1n) is 24.7. The maximum absolute atomic E-state index is 6.43. The van der Waals surface area contributed by atoms with E-state index in [0.29, 0.717) is 24.4 Å². The third-order valence-electron chi connectivity index (χ3n) is 15.2. The number of para-hydroxylation sites is 2. The molecule has 4 aliphatic rings. The molecular formula is C61H49ClN4O4. The molecule has 70 heavy (non-hydrogen) atoms. The molecule has 16 rings (SSSR count). The van der Waals surface area contributed by atoms with Crippen molar-refractivity contribution in [1.29, 1.82) is 0 Å². The molecule has 0 saturated carbocycles. The molecule has 8 aromatic carbocycles. The van der Waals surface area contributed by atoms with E-state index in [1.807, 2.05) is 6.07 Å². The van der Waals surface area contributed by atoms with E-state index in [1.54, 1.807) is 0 Å². The molecule has 8 heterocycles. The van der Waals surface area contributed by atoms with Crippen LogP contribution < -0.4 is 0 Å². The zero-order valence-corrected chi connectivity index (χ0v) is 39.5. The van der Waals surface area contributed by atoms with Gasteiger partial charge in [0.2, 0.25) is 0 Å². The van der Waals surface area contributed by atoms with Gasteiger partial charge < -0.3 is 37.2 Å². The van der Waals surface area contributed by atoms with E-state index >= 15 is 0 Å². The van der Waals surface area contributed by atoms with Gasteiger partial charge in [0.25, 0.3) is 0 Å². The maximum atomic E-state index is 6.43. The van der Waals surface area contributed by atoms with Crippen molar-refractivity contribution in [1.82, 2.24) is 18.3 Å². The molecule has 4 atom stereocenters. The van der Waals surface area contributed by atoms with Gasteiger partial charge in [-0.25, -0.2) is 0 Å². The van der Waals surface area contributed by atoms with Gasteiger partial charge in [0.05, 0.1) is 77.0 Å². The number of hydrogen-bond acceptors (Lipinski definition) is 4. The Morgan fingerprint density at radius 2 is 0.629 bits per heavy atom. The summed E-state index contributed by atoms with van der Waals surface area (Å²) < 4.78 is 31.9. The van der Waals surface area contributed by atoms with Gasteiger partial charge in [-0.3, -0.25) is 0 Å². The molecule has 8 nitrogen and oxygen atoms in total. The first-order chi connectivity index (χ1) is 34.5. The molecule has 4 saturated heterocycles. The van der Waals surface area contributed by atoms with Crippen molar-refractivity contribution >= 4 is 98.8 Å². The number of epoxide rings is 4. The Balaban J connectivity index is 0.000000126. The quantitative estimate of drug-likeness (QED) is 0.128. The van der Waals surface area contributed by atoms with E-state index in [0.717, 1.165) is 57.6 Å². The molecule has 344 valence electrons. The normalized spacial score (nSPS) is 19.3. The van der Waals surface area contributed by atoms with Gasteiger partial charge in [-0.15, -0.1) is 0 Å². The first-order valence-corrected chi connectivity index (χ1v) is 25.1. The average Bonchev–Trinajstić information content (AvgIpc) is 4.18. The third-order valence-corrected chi connectivity index (χ3v) is 15.4. The maximum Gasteiger partial charge on any atom is 0.0988 e. The number of halogens is 1. The number of benzene rings is 8. The third kappa shape index (κ3) is 7.03. The Labute approximate surface area is 408 Å². The zero-order valence-electron chi connectivity index (χ0n) is 38.8. The molecule has 4 aromatic heterocycles. The van der Waals surface area contributed by atoms with Gasteiger partial charge >= 0.3 is 0 Å². The van der Waals surface area contributed by atoms with Crippen molar-refractivity contribution in [3.8, 4) is 22.3 Å². The van der Waals surface area contributed by atoms with Crippen molar-refractivity contribution in [3.63, 3.8) is 0 Å². The van der Waals surface area contributed by atoms with E-state index in [9.17, 15) is 0 Å². The summed E-state index contributed by atoms with van der Waals surface area (Å²) in [6, 6.07) is 57.9. The van der Waals surface area contributed by atoms with Crippen LogP contribution in [-0.4, -0.2) is 69.1 Å². The fourth-order valence-corrected chi connectivity index (χ4v) is 11.6. The Kier molecular flexibility index (Phi) is 9.24. The molecular weight excluding hydrogens is 888 g/mol. The lowest BCUT2D eigenvalue weighted by atomic mass is 10.0. The Bertz CT molecular complexity index is 3840. The molecule has 0 bridgehead atoms. The molecule has 4 aliphatic heterocycles. The lowest BCUT2D eigenvalue weighted by Crippen LogP contribution is -2.03. The Hall–Kier alpha value is -6.91. The topological polar surface area (TPSA) is 69.8 Å². The molecule has 4 fully saturated rings. The van der Waals surface area contributed by atoms with Crippen LogP contribution in [0.5, 0.6) is 0 Å². The second-order valence-corrected chi connectivity index (χ2v) is 20.3. The number of aromatic nitrogens is 4. The molecule has 12 aromatic rings. The van der Waals surface area contributed by atoms with Crippen LogP contribution in [0, 0.1) is 6.92 Å². The molecule has 0 N–H and O–H groups in total. The summed E-state index contributed by atoms with van der Waals surface area (Å²) in [6.07, 6.45) is 1.33. The Morgan fingerprint density at radius 1 is 0.343 bits per heavy atom. The molecule has 0 amide bonds. The first kappa shape index (κ1) is 40.9. The minimum absolute atomic E-state index is 0.309. The van der Waals surface area contributed by atoms with Crippen molar-refractivity contribution in [3.05, 3.63) is 168 Å². The van der Waals surface area contributed by atoms with E-state index in [1.165, 1.54) is 115 Å². The highest BCUT2D eigenvalue weighted by molar-refractivity contribution is 6.32. The SMILES string of the molecule is Cc1ccc2c(c1)c1cc(-c3ccc4c(c3)c3cc(Cl)ccc3n4CC3CO3)ccc1n2CC1CO1.c1ccc2c(c1)c1cc(-c3ccc4c(c3)c3ccccc3n4CC3CO3)ccc1n2CC1CO1. The van der Waals surface area contributed by atoms with Gasteiger partial charge in [-0.1, -0.05) is 83.9 Å². The van der Waals surface area contributed by atoms with E-state index in [4.69, 9.17) is 30.5 Å². The predicted octanol–water partition coefficient (Wildman–Crippen LogP) is 13.7. The van der Waals surface area contributed by atoms with E-state index < -0.39 is 0 Å². The summed E-state index contributed by atoms with van der Waals surface area (Å²) in [5, 5.41) is 11.0. The van der Waals surface area contributed by atoms with Crippen LogP contribution in [0.25, 0.3) is 109 Å². The average molecular weight is 938 g/mol. The smallest absolute Gasteiger partial charge is 0.0988 e. The fourth-order valence-electron chi connectivity index (χ4n) is 11.4. The zero-order chi connectivity index (χ0) is 46.2. The summed E-state index contributed by atoms with van der Waals surface area (Å²) in [6.45, 7) is 9.20. The van der Waals surface area contributed by atoms with Crippen molar-refractivity contribution in [2.24, 2.45) is 0 Å². The van der Waals surface area contributed by atoms with Crippen LogP contribution in [0.4, 0.5) is 0 Å². The lowest BCUT2D eigenvalue weighted by molar-refractivity contribution is 0.387. The molecule has 0 spiro atoms. The van der Waals surface area contributed by atoms with Gasteiger partial charge in [-0.2, -0.15) is 0 Å². The highest BCUT2D eigenvalue weighted by Gasteiger charge is 2.28. The van der Waals surface area contributed by atoms with Gasteiger partial charge in [0, 0.05) is 92.2 Å². The van der Waals surface area contributed by atoms with Gasteiger partial charge in [0.1, 0.15) is 0 Å². The number of rotatable bonds is 10. The van der Waals surface area contributed by atoms with Crippen LogP contribution in [0.15, 0.2) is 158 Å². The minimum atomic E-state index is 0.309. The minimum Gasteiger partial charge on any atom is -0.371 e. The molecule has 0 radical (unpaired) electrons. The summed E-state index contributed by atoms with van der Waals surface area (Å²) in [7, 11) is 0. The molecule has 4 unspecified atom stereocenters. The van der Waals surface area contributed by atoms with E-state index in [2.05, 4.69) is 177 Å². The molecule has 9 heteroatoms. The standard InChI is InChI=1S/C31H25ClN2O2.C30H24N2O2/c1-18-2-6-28-24(10-18)25-11-19(3-7-29(25)33(28)14-22-16-35-22)20-4-8-30-26(12-20)27-13-21(32)5-9-31(27)34(30)15-23-17-36-23;1-3-7-27-23(5-1)25-13-19(9-11-29(25)31(27)15-21-17-33-21)20-10-12-30-26(14-20)24-6-2-4-8-28(24)32(30)16-22-18-34-22/h2-13,22-23H,14-17H2,1H3;1-14,21-22H,15-18H2. The highest BCUT2D eigenvalue weighted by atomic mass is 35.5. The van der Waals surface area contributed by atoms with Gasteiger partial charge in [-0.05, 0) is 120 Å². The fraction of sp³-hybridized carbons (Fsp3) is 0.213. The molecule has 0 aliphatic carbocycles.